The van der Waals surface area contributed by atoms with Crippen molar-refractivity contribution in [3.8, 4) is 5.69 Å². The third kappa shape index (κ3) is 8.30. The molecule has 0 aliphatic carbocycles. The van der Waals surface area contributed by atoms with Gasteiger partial charge < -0.3 is 10.6 Å². The Morgan fingerprint density at radius 2 is 1.69 bits per heavy atom. The highest BCUT2D eigenvalue weighted by atomic mass is 127. The summed E-state index contributed by atoms with van der Waals surface area (Å²) < 4.78 is 14.8. The van der Waals surface area contributed by atoms with Gasteiger partial charge in [0, 0.05) is 51.4 Å². The van der Waals surface area contributed by atoms with Gasteiger partial charge in [-0.15, -0.1) is 24.0 Å². The van der Waals surface area contributed by atoms with Gasteiger partial charge in [-0.1, -0.05) is 0 Å². The van der Waals surface area contributed by atoms with E-state index in [0.717, 1.165) is 43.4 Å². The number of hydrogen-bond donors (Lipinski definition) is 2. The minimum Gasteiger partial charge on any atom is -0.356 e. The molecule has 0 bridgehead atoms. The molecule has 2 aromatic rings. The maximum atomic E-state index is 13.0. The SMILES string of the molecule is CN=C(NCCc1ccn(-c2ccc(F)cc2)n1)NCCN(C(C)C)C(C)C.I. The smallest absolute Gasteiger partial charge is 0.191 e. The van der Waals surface area contributed by atoms with Crippen molar-refractivity contribution in [1.82, 2.24) is 25.3 Å². The van der Waals surface area contributed by atoms with Crippen molar-refractivity contribution in [3.05, 3.63) is 48.0 Å². The third-order valence-electron chi connectivity index (χ3n) is 4.62. The molecule has 2 rings (SSSR count). The van der Waals surface area contributed by atoms with Crippen molar-refractivity contribution in [1.29, 1.82) is 0 Å². The van der Waals surface area contributed by atoms with E-state index in [0.29, 0.717) is 12.1 Å². The van der Waals surface area contributed by atoms with Crippen LogP contribution in [-0.2, 0) is 6.42 Å². The molecule has 1 heterocycles. The Bertz CT molecular complexity index is 734. The van der Waals surface area contributed by atoms with Gasteiger partial charge in [-0.25, -0.2) is 9.07 Å². The number of rotatable bonds is 9. The lowest BCUT2D eigenvalue weighted by atomic mass is 10.2. The molecule has 0 saturated heterocycles. The standard InChI is InChI=1S/C21H33FN6.HI/c1-16(2)27(17(3)4)15-13-25-21(23-5)24-12-10-19-11-14-28(26-19)20-8-6-18(22)7-9-20;/h6-9,11,14,16-17H,10,12-13,15H2,1-5H3,(H2,23,24,25);1H. The first kappa shape index (κ1) is 25.4. The van der Waals surface area contributed by atoms with Crippen molar-refractivity contribution in [2.45, 2.75) is 46.2 Å². The zero-order valence-corrected chi connectivity index (χ0v) is 20.4. The summed E-state index contributed by atoms with van der Waals surface area (Å²) in [6, 6.07) is 9.33. The van der Waals surface area contributed by atoms with Gasteiger partial charge in [0.2, 0.25) is 0 Å². The number of nitrogens with zero attached hydrogens (tertiary/aromatic N) is 4. The fourth-order valence-electron chi connectivity index (χ4n) is 3.18. The second kappa shape index (κ2) is 12.8. The lowest BCUT2D eigenvalue weighted by molar-refractivity contribution is 0.178. The summed E-state index contributed by atoms with van der Waals surface area (Å²) >= 11 is 0. The van der Waals surface area contributed by atoms with Crippen molar-refractivity contribution in [2.75, 3.05) is 26.7 Å². The van der Waals surface area contributed by atoms with Crippen LogP contribution in [0.25, 0.3) is 5.69 Å². The van der Waals surface area contributed by atoms with E-state index < -0.39 is 0 Å². The maximum absolute atomic E-state index is 13.0. The monoisotopic (exact) mass is 516 g/mol. The normalized spacial score (nSPS) is 11.8. The Morgan fingerprint density at radius 3 is 2.28 bits per heavy atom. The summed E-state index contributed by atoms with van der Waals surface area (Å²) in [6.07, 6.45) is 2.67. The van der Waals surface area contributed by atoms with E-state index in [1.807, 2.05) is 12.3 Å². The van der Waals surface area contributed by atoms with Gasteiger partial charge in [-0.3, -0.25) is 9.89 Å². The first-order valence-corrected chi connectivity index (χ1v) is 9.91. The van der Waals surface area contributed by atoms with Crippen LogP contribution < -0.4 is 10.6 Å². The number of aromatic nitrogens is 2. The zero-order valence-electron chi connectivity index (χ0n) is 18.0. The van der Waals surface area contributed by atoms with Crippen molar-refractivity contribution < 1.29 is 4.39 Å². The molecule has 0 unspecified atom stereocenters. The Morgan fingerprint density at radius 1 is 1.07 bits per heavy atom. The van der Waals surface area contributed by atoms with Crippen LogP contribution >= 0.6 is 24.0 Å². The Balaban J connectivity index is 0.00000420. The average Bonchev–Trinajstić information content (AvgIpc) is 3.12. The first-order valence-electron chi connectivity index (χ1n) is 9.91. The second-order valence-electron chi connectivity index (χ2n) is 7.33. The highest BCUT2D eigenvalue weighted by Gasteiger charge is 2.12. The van der Waals surface area contributed by atoms with Crippen LogP contribution in [0.3, 0.4) is 0 Å². The molecule has 29 heavy (non-hydrogen) atoms. The Kier molecular flexibility index (Phi) is 11.2. The second-order valence-corrected chi connectivity index (χ2v) is 7.33. The van der Waals surface area contributed by atoms with Gasteiger partial charge in [0.1, 0.15) is 5.82 Å². The quantitative estimate of drug-likeness (QED) is 0.305. The van der Waals surface area contributed by atoms with Crippen LogP contribution in [0, 0.1) is 5.82 Å². The van der Waals surface area contributed by atoms with Crippen LogP contribution in [0.1, 0.15) is 33.4 Å². The van der Waals surface area contributed by atoms with Crippen molar-refractivity contribution in [3.63, 3.8) is 0 Å². The molecule has 0 aliphatic rings. The molecule has 8 heteroatoms. The van der Waals surface area contributed by atoms with Gasteiger partial charge in [0.15, 0.2) is 5.96 Å². The molecule has 162 valence electrons. The van der Waals surface area contributed by atoms with Crippen LogP contribution in [0.15, 0.2) is 41.5 Å². The van der Waals surface area contributed by atoms with Gasteiger partial charge in [0.25, 0.3) is 0 Å². The van der Waals surface area contributed by atoms with Gasteiger partial charge >= 0.3 is 0 Å². The molecular formula is C21H34FIN6. The highest BCUT2D eigenvalue weighted by molar-refractivity contribution is 14.0. The van der Waals surface area contributed by atoms with E-state index in [2.05, 4.69) is 53.3 Å². The minimum absolute atomic E-state index is 0. The van der Waals surface area contributed by atoms with E-state index in [4.69, 9.17) is 0 Å². The van der Waals surface area contributed by atoms with Gasteiger partial charge in [0.05, 0.1) is 11.4 Å². The number of guanidine groups is 1. The summed E-state index contributed by atoms with van der Waals surface area (Å²) in [6.45, 7) is 11.4. The van der Waals surface area contributed by atoms with E-state index in [1.165, 1.54) is 12.1 Å². The molecule has 1 aromatic heterocycles. The molecule has 2 N–H and O–H groups in total. The predicted octanol–water partition coefficient (Wildman–Crippen LogP) is 3.46. The van der Waals surface area contributed by atoms with Crippen LogP contribution in [0.5, 0.6) is 0 Å². The molecule has 0 fully saturated rings. The third-order valence-corrected chi connectivity index (χ3v) is 4.62. The maximum Gasteiger partial charge on any atom is 0.191 e. The molecule has 0 spiro atoms. The summed E-state index contributed by atoms with van der Waals surface area (Å²) in [5, 5.41) is 11.2. The minimum atomic E-state index is -0.246. The molecule has 0 atom stereocenters. The van der Waals surface area contributed by atoms with Gasteiger partial charge in [-0.2, -0.15) is 5.10 Å². The number of aliphatic imine (C=N–C) groups is 1. The average molecular weight is 516 g/mol. The first-order chi connectivity index (χ1) is 13.4. The van der Waals surface area contributed by atoms with E-state index in [-0.39, 0.29) is 29.8 Å². The largest absolute Gasteiger partial charge is 0.356 e. The topological polar surface area (TPSA) is 57.5 Å². The zero-order chi connectivity index (χ0) is 20.5. The molecule has 0 radical (unpaired) electrons. The van der Waals surface area contributed by atoms with Crippen molar-refractivity contribution in [2.24, 2.45) is 4.99 Å². The number of nitrogens with one attached hydrogen (secondary N) is 2. The molecule has 0 amide bonds. The highest BCUT2D eigenvalue weighted by Crippen LogP contribution is 2.09. The molecular weight excluding hydrogens is 482 g/mol. The molecule has 0 aliphatic heterocycles. The molecule has 0 saturated carbocycles. The van der Waals surface area contributed by atoms with E-state index in [9.17, 15) is 4.39 Å². The van der Waals surface area contributed by atoms with Crippen LogP contribution in [0.4, 0.5) is 4.39 Å². The Labute approximate surface area is 191 Å². The molecule has 1 aromatic carbocycles. The van der Waals surface area contributed by atoms with Gasteiger partial charge in [-0.05, 0) is 58.0 Å². The summed E-state index contributed by atoms with van der Waals surface area (Å²) in [5.74, 6) is 0.551. The van der Waals surface area contributed by atoms with Crippen LogP contribution in [-0.4, -0.2) is 59.4 Å². The number of hydrogen-bond acceptors (Lipinski definition) is 3. The lowest BCUT2D eigenvalue weighted by Gasteiger charge is -2.30. The summed E-state index contributed by atoms with van der Waals surface area (Å²) in [4.78, 5) is 6.73. The van der Waals surface area contributed by atoms with E-state index in [1.54, 1.807) is 23.9 Å². The summed E-state index contributed by atoms with van der Waals surface area (Å²) in [7, 11) is 1.78. The van der Waals surface area contributed by atoms with Crippen LogP contribution in [0.2, 0.25) is 0 Å². The lowest BCUT2D eigenvalue weighted by Crippen LogP contribution is -2.45. The fraction of sp³-hybridized carbons (Fsp3) is 0.524. The number of benzene rings is 1. The number of halogens is 2. The predicted molar refractivity (Wildman–Crippen MR) is 129 cm³/mol. The molecule has 6 nitrogen and oxygen atoms in total. The summed E-state index contributed by atoms with van der Waals surface area (Å²) in [5.41, 5.74) is 1.82. The van der Waals surface area contributed by atoms with E-state index >= 15 is 0 Å². The van der Waals surface area contributed by atoms with Crippen molar-refractivity contribution >= 4 is 29.9 Å². The fourth-order valence-corrected chi connectivity index (χ4v) is 3.18. The Hall–Kier alpha value is -1.68.